The molecule has 0 atom stereocenters. The largest absolute Gasteiger partial charge is 0.494 e. The smallest absolute Gasteiger partial charge is 0.262 e. The number of aromatic nitrogens is 2. The van der Waals surface area contributed by atoms with Crippen molar-refractivity contribution in [2.45, 2.75) is 26.4 Å². The summed E-state index contributed by atoms with van der Waals surface area (Å²) < 4.78 is 20.1. The number of carbonyl (C=O) groups is 1. The summed E-state index contributed by atoms with van der Waals surface area (Å²) in [6.45, 7) is 2.40. The molecule has 2 aromatic carbocycles. The van der Waals surface area contributed by atoms with Crippen LogP contribution in [0.25, 0.3) is 21.3 Å². The number of hydrogen-bond donors (Lipinski definition) is 1. The predicted octanol–water partition coefficient (Wildman–Crippen LogP) is 4.29. The van der Waals surface area contributed by atoms with E-state index in [-0.39, 0.29) is 36.7 Å². The van der Waals surface area contributed by atoms with Crippen LogP contribution >= 0.6 is 11.3 Å². The van der Waals surface area contributed by atoms with Gasteiger partial charge in [-0.25, -0.2) is 9.37 Å². The lowest BCUT2D eigenvalue weighted by atomic mass is 10.1. The summed E-state index contributed by atoms with van der Waals surface area (Å²) in [6, 6.07) is 12.5. The van der Waals surface area contributed by atoms with E-state index in [0.717, 1.165) is 16.7 Å². The maximum absolute atomic E-state index is 13.8. The van der Waals surface area contributed by atoms with Gasteiger partial charge in [-0.1, -0.05) is 35.9 Å². The highest BCUT2D eigenvalue weighted by atomic mass is 32.1. The van der Waals surface area contributed by atoms with Crippen LogP contribution in [0.5, 0.6) is 5.75 Å². The Morgan fingerprint density at radius 1 is 1.22 bits per heavy atom. The van der Waals surface area contributed by atoms with Crippen molar-refractivity contribution in [1.82, 2.24) is 14.9 Å². The zero-order valence-corrected chi connectivity index (χ0v) is 18.5. The first kappa shape index (κ1) is 21.7. The number of ether oxygens (including phenoxy) is 1. The summed E-state index contributed by atoms with van der Waals surface area (Å²) >= 11 is 1.43. The number of carbonyl (C=O) groups excluding carboxylic acids is 1. The Kier molecular flexibility index (Phi) is 6.32. The maximum atomic E-state index is 13.8. The topological polar surface area (TPSA) is 73.2 Å². The van der Waals surface area contributed by atoms with E-state index in [2.05, 4.69) is 10.3 Å². The standard InChI is InChI=1S/C24H22FN3O3S/c1-15-3-6-17(7-4-15)18-13-32-23-22(18)24(30)28(14-27-23)10-9-21(29)26-12-16-5-8-20(31-2)19(25)11-16/h3-8,11,13-14H,9-10,12H2,1-2H3,(H,26,29). The first-order valence-electron chi connectivity index (χ1n) is 10.1. The Labute approximate surface area is 188 Å². The van der Waals surface area contributed by atoms with Crippen LogP contribution < -0.4 is 15.6 Å². The Morgan fingerprint density at radius 2 is 2.00 bits per heavy atom. The molecule has 6 nitrogen and oxygen atoms in total. The summed E-state index contributed by atoms with van der Waals surface area (Å²) in [5, 5.41) is 5.25. The molecule has 0 fully saturated rings. The molecular weight excluding hydrogens is 429 g/mol. The van der Waals surface area contributed by atoms with Gasteiger partial charge in [-0.05, 0) is 30.2 Å². The number of nitrogens with one attached hydrogen (secondary N) is 1. The second-order valence-electron chi connectivity index (χ2n) is 7.43. The molecule has 0 saturated carbocycles. The number of thiophene rings is 1. The first-order chi connectivity index (χ1) is 15.5. The van der Waals surface area contributed by atoms with Gasteiger partial charge < -0.3 is 10.1 Å². The third-order valence-electron chi connectivity index (χ3n) is 5.21. The van der Waals surface area contributed by atoms with Crippen molar-refractivity contribution >= 4 is 27.5 Å². The highest BCUT2D eigenvalue weighted by Gasteiger charge is 2.14. The van der Waals surface area contributed by atoms with Gasteiger partial charge in [-0.2, -0.15) is 0 Å². The minimum Gasteiger partial charge on any atom is -0.494 e. The molecule has 0 spiro atoms. The monoisotopic (exact) mass is 451 g/mol. The molecule has 4 aromatic rings. The van der Waals surface area contributed by atoms with Crippen LogP contribution in [0, 0.1) is 12.7 Å². The first-order valence-corrected chi connectivity index (χ1v) is 11.0. The molecule has 1 amide bonds. The molecule has 0 aliphatic rings. The van der Waals surface area contributed by atoms with Gasteiger partial charge in [-0.3, -0.25) is 14.2 Å². The lowest BCUT2D eigenvalue weighted by Crippen LogP contribution is -2.27. The molecule has 164 valence electrons. The zero-order chi connectivity index (χ0) is 22.7. The van der Waals surface area contributed by atoms with Crippen molar-refractivity contribution in [3.63, 3.8) is 0 Å². The number of benzene rings is 2. The Morgan fingerprint density at radius 3 is 2.72 bits per heavy atom. The van der Waals surface area contributed by atoms with Gasteiger partial charge in [0.1, 0.15) is 4.83 Å². The van der Waals surface area contributed by atoms with Gasteiger partial charge in [0.2, 0.25) is 5.91 Å². The van der Waals surface area contributed by atoms with Crippen LogP contribution in [-0.4, -0.2) is 22.6 Å². The second kappa shape index (κ2) is 9.32. The molecule has 2 heterocycles. The molecule has 32 heavy (non-hydrogen) atoms. The van der Waals surface area contributed by atoms with Crippen molar-refractivity contribution in [3.8, 4) is 16.9 Å². The number of aryl methyl sites for hydroxylation is 2. The molecule has 0 bridgehead atoms. The number of amides is 1. The highest BCUT2D eigenvalue weighted by Crippen LogP contribution is 2.30. The summed E-state index contributed by atoms with van der Waals surface area (Å²) in [5.74, 6) is -0.566. The van der Waals surface area contributed by atoms with E-state index in [1.807, 2.05) is 36.6 Å². The maximum Gasteiger partial charge on any atom is 0.262 e. The minimum absolute atomic E-state index is 0.107. The average Bonchev–Trinajstić information content (AvgIpc) is 3.23. The molecular formula is C24H22FN3O3S. The van der Waals surface area contributed by atoms with E-state index < -0.39 is 5.82 Å². The molecule has 0 aliphatic heterocycles. The van der Waals surface area contributed by atoms with Crippen molar-refractivity contribution in [1.29, 1.82) is 0 Å². The van der Waals surface area contributed by atoms with Crippen molar-refractivity contribution in [2.75, 3.05) is 7.11 Å². The van der Waals surface area contributed by atoms with Gasteiger partial charge >= 0.3 is 0 Å². The predicted molar refractivity (Wildman–Crippen MR) is 123 cm³/mol. The van der Waals surface area contributed by atoms with Gasteiger partial charge in [0.15, 0.2) is 11.6 Å². The van der Waals surface area contributed by atoms with Crippen LogP contribution in [0.3, 0.4) is 0 Å². The fourth-order valence-electron chi connectivity index (χ4n) is 3.40. The average molecular weight is 452 g/mol. The van der Waals surface area contributed by atoms with Crippen LogP contribution in [-0.2, 0) is 17.9 Å². The molecule has 0 unspecified atom stereocenters. The van der Waals surface area contributed by atoms with Crippen LogP contribution in [0.2, 0.25) is 0 Å². The van der Waals surface area contributed by atoms with Gasteiger partial charge in [-0.15, -0.1) is 11.3 Å². The van der Waals surface area contributed by atoms with Crippen LogP contribution in [0.15, 0.2) is 59.0 Å². The Hall–Kier alpha value is -3.52. The lowest BCUT2D eigenvalue weighted by molar-refractivity contribution is -0.121. The third kappa shape index (κ3) is 4.55. The summed E-state index contributed by atoms with van der Waals surface area (Å²) in [6.07, 6.45) is 1.59. The van der Waals surface area contributed by atoms with Crippen molar-refractivity contribution < 1.29 is 13.9 Å². The van der Waals surface area contributed by atoms with Gasteiger partial charge in [0.05, 0.1) is 18.8 Å². The zero-order valence-electron chi connectivity index (χ0n) is 17.7. The fraction of sp³-hybridized carbons (Fsp3) is 0.208. The Bertz CT molecular complexity index is 1330. The van der Waals surface area contributed by atoms with E-state index in [1.54, 1.807) is 6.07 Å². The van der Waals surface area contributed by atoms with E-state index in [9.17, 15) is 14.0 Å². The van der Waals surface area contributed by atoms with Crippen LogP contribution in [0.4, 0.5) is 4.39 Å². The second-order valence-corrected chi connectivity index (χ2v) is 8.29. The number of nitrogens with zero attached hydrogens (tertiary/aromatic N) is 2. The minimum atomic E-state index is -0.481. The number of methoxy groups -OCH3 is 1. The van der Waals surface area contributed by atoms with Crippen molar-refractivity contribution in [2.24, 2.45) is 0 Å². The molecule has 0 radical (unpaired) electrons. The summed E-state index contributed by atoms with van der Waals surface area (Å²) in [7, 11) is 1.40. The van der Waals surface area contributed by atoms with E-state index in [4.69, 9.17) is 4.74 Å². The lowest BCUT2D eigenvalue weighted by Gasteiger charge is -2.09. The molecule has 0 saturated heterocycles. The molecule has 8 heteroatoms. The number of fused-ring (bicyclic) bond motifs is 1. The Balaban J connectivity index is 1.45. The summed E-state index contributed by atoms with van der Waals surface area (Å²) in [5.41, 5.74) is 3.41. The van der Waals surface area contributed by atoms with E-state index >= 15 is 0 Å². The molecule has 1 N–H and O–H groups in total. The fourth-order valence-corrected chi connectivity index (χ4v) is 4.31. The van der Waals surface area contributed by atoms with Crippen molar-refractivity contribution in [3.05, 3.63) is 81.5 Å². The quantitative estimate of drug-likeness (QED) is 0.455. The SMILES string of the molecule is COc1ccc(CNC(=O)CCn2cnc3scc(-c4ccc(C)cc4)c3c2=O)cc1F. The molecule has 2 aromatic heterocycles. The number of hydrogen-bond acceptors (Lipinski definition) is 5. The number of halogens is 1. The number of rotatable bonds is 7. The molecule has 0 aliphatic carbocycles. The van der Waals surface area contributed by atoms with Gasteiger partial charge in [0.25, 0.3) is 5.56 Å². The van der Waals surface area contributed by atoms with Gasteiger partial charge in [0, 0.05) is 30.5 Å². The highest BCUT2D eigenvalue weighted by molar-refractivity contribution is 7.17. The summed E-state index contributed by atoms with van der Waals surface area (Å²) in [4.78, 5) is 30.4. The van der Waals surface area contributed by atoms with E-state index in [0.29, 0.717) is 15.8 Å². The third-order valence-corrected chi connectivity index (χ3v) is 6.10. The molecule has 4 rings (SSSR count). The normalized spacial score (nSPS) is 11.0. The van der Waals surface area contributed by atoms with E-state index in [1.165, 1.54) is 41.5 Å². The van der Waals surface area contributed by atoms with Crippen LogP contribution in [0.1, 0.15) is 17.5 Å².